The number of rotatable bonds is 9. The molecule has 1 saturated carbocycles. The van der Waals surface area contributed by atoms with Gasteiger partial charge in [-0.1, -0.05) is 61.6 Å². The molecule has 4 aromatic rings. The van der Waals surface area contributed by atoms with Gasteiger partial charge in [-0.15, -0.1) is 0 Å². The van der Waals surface area contributed by atoms with Gasteiger partial charge in [-0.3, -0.25) is 4.79 Å². The van der Waals surface area contributed by atoms with E-state index in [2.05, 4.69) is 25.7 Å². The smallest absolute Gasteiger partial charge is 0.153 e. The summed E-state index contributed by atoms with van der Waals surface area (Å²) in [5.74, 6) is -0.0523. The van der Waals surface area contributed by atoms with Crippen LogP contribution in [0.15, 0.2) is 60.8 Å². The third-order valence-corrected chi connectivity index (χ3v) is 9.60. The van der Waals surface area contributed by atoms with Crippen LogP contribution in [0, 0.1) is 0 Å². The van der Waals surface area contributed by atoms with Crippen LogP contribution in [0.4, 0.5) is 0 Å². The van der Waals surface area contributed by atoms with E-state index in [1.165, 1.54) is 0 Å². The highest BCUT2D eigenvalue weighted by Gasteiger charge is 2.36. The number of aliphatic hydroxyl groups is 1. The molecule has 1 aliphatic rings. The molecule has 1 aliphatic carbocycles. The molecule has 1 fully saturated rings. The van der Waals surface area contributed by atoms with Gasteiger partial charge in [0, 0.05) is 37.4 Å². The maximum absolute atomic E-state index is 11.2. The number of aromatic nitrogens is 1. The highest BCUT2D eigenvalue weighted by Crippen LogP contribution is 2.43. The predicted octanol–water partition coefficient (Wildman–Crippen LogP) is 7.83. The number of fused-ring (bicyclic) bond motifs is 1. The first-order valence-electron chi connectivity index (χ1n) is 13.1. The average molecular weight is 548 g/mol. The third-order valence-electron chi connectivity index (χ3n) is 7.58. The van der Waals surface area contributed by atoms with Crippen molar-refractivity contribution in [3.05, 3.63) is 76.9 Å². The van der Waals surface area contributed by atoms with Crippen LogP contribution in [0.5, 0.6) is 5.75 Å². The fraction of sp³-hybridized carbons (Fsp3) is 0.323. The molecule has 5 rings (SSSR count). The molecule has 0 saturated heterocycles. The maximum Gasteiger partial charge on any atom is 0.153 e. The van der Waals surface area contributed by atoms with Crippen molar-refractivity contribution in [1.82, 2.24) is 4.57 Å². The molecule has 38 heavy (non-hydrogen) atoms. The second-order valence-corrected chi connectivity index (χ2v) is 17.6. The second kappa shape index (κ2) is 10.3. The number of hydrogen-bond donors (Lipinski definition) is 2. The average Bonchev–Trinajstić information content (AvgIpc) is 3.21. The zero-order chi connectivity index (χ0) is 27.1. The van der Waals surface area contributed by atoms with Gasteiger partial charge >= 0.3 is 0 Å². The van der Waals surface area contributed by atoms with E-state index < -0.39 is 13.7 Å². The highest BCUT2D eigenvalue weighted by atomic mass is 35.5. The van der Waals surface area contributed by atoms with Crippen LogP contribution in [-0.4, -0.2) is 35.7 Å². The minimum absolute atomic E-state index is 0.0523. The van der Waals surface area contributed by atoms with Crippen LogP contribution in [0.1, 0.15) is 35.2 Å². The normalized spacial score (nSPS) is 15.0. The summed E-state index contributed by atoms with van der Waals surface area (Å²) in [4.78, 5) is 11.2. The number of carbonyl (C=O) groups is 1. The van der Waals surface area contributed by atoms with Crippen molar-refractivity contribution in [3.8, 4) is 28.0 Å². The van der Waals surface area contributed by atoms with Gasteiger partial charge in [0.1, 0.15) is 12.5 Å². The van der Waals surface area contributed by atoms with E-state index in [4.69, 9.17) is 16.3 Å². The first-order valence-corrected chi connectivity index (χ1v) is 17.2. The predicted molar refractivity (Wildman–Crippen MR) is 157 cm³/mol. The summed E-state index contributed by atoms with van der Waals surface area (Å²) < 4.78 is 8.11. The van der Waals surface area contributed by atoms with E-state index in [0.717, 1.165) is 64.0 Å². The highest BCUT2D eigenvalue weighted by molar-refractivity contribution is 6.76. The first kappa shape index (κ1) is 26.7. The van der Waals surface area contributed by atoms with Crippen molar-refractivity contribution >= 4 is 36.9 Å². The number of aldehydes is 1. The van der Waals surface area contributed by atoms with Crippen LogP contribution >= 0.6 is 11.6 Å². The number of phenolic OH excluding ortho intramolecular Hbond substituents is 1. The molecule has 1 aromatic heterocycles. The number of halogens is 1. The number of nitrogens with zero attached hydrogens (tertiary/aromatic N) is 1. The van der Waals surface area contributed by atoms with Crippen molar-refractivity contribution < 1.29 is 19.7 Å². The van der Waals surface area contributed by atoms with Crippen LogP contribution in [0.2, 0.25) is 30.7 Å². The van der Waals surface area contributed by atoms with E-state index >= 15 is 0 Å². The van der Waals surface area contributed by atoms with E-state index in [-0.39, 0.29) is 11.3 Å². The summed E-state index contributed by atoms with van der Waals surface area (Å²) in [6, 6.07) is 18.2. The van der Waals surface area contributed by atoms with E-state index in [0.29, 0.717) is 24.6 Å². The summed E-state index contributed by atoms with van der Waals surface area (Å²) >= 11 is 6.84. The van der Waals surface area contributed by atoms with Gasteiger partial charge in [0.15, 0.2) is 6.29 Å². The lowest BCUT2D eigenvalue weighted by atomic mass is 9.75. The van der Waals surface area contributed by atoms with Crippen LogP contribution < -0.4 is 0 Å². The minimum atomic E-state index is -1.21. The Morgan fingerprint density at radius 3 is 2.34 bits per heavy atom. The molecule has 1 heterocycles. The van der Waals surface area contributed by atoms with Gasteiger partial charge < -0.3 is 19.5 Å². The van der Waals surface area contributed by atoms with Crippen LogP contribution in [-0.2, 0) is 17.1 Å². The largest absolute Gasteiger partial charge is 0.507 e. The Morgan fingerprint density at radius 2 is 1.74 bits per heavy atom. The SMILES string of the molecule is C[Si](C)(C)CCOCn1cc(-c2ccc(C=O)c(O)c2)c2cc(-c3ccc(C4(O)CCC4)cc3)c(Cl)cc21. The van der Waals surface area contributed by atoms with Crippen molar-refractivity contribution in [2.75, 3.05) is 6.61 Å². The molecule has 5 nitrogen and oxygen atoms in total. The molecule has 0 amide bonds. The summed E-state index contributed by atoms with van der Waals surface area (Å²) in [5.41, 5.74) is 4.99. The fourth-order valence-corrected chi connectivity index (χ4v) is 6.01. The molecule has 0 spiro atoms. The Balaban J connectivity index is 1.56. The van der Waals surface area contributed by atoms with Crippen molar-refractivity contribution in [1.29, 1.82) is 0 Å². The Bertz CT molecular complexity index is 1480. The summed E-state index contributed by atoms with van der Waals surface area (Å²) in [5, 5.41) is 22.7. The molecule has 3 aromatic carbocycles. The molecule has 0 aliphatic heterocycles. The van der Waals surface area contributed by atoms with Crippen molar-refractivity contribution in [3.63, 3.8) is 0 Å². The molecule has 7 heteroatoms. The summed E-state index contributed by atoms with van der Waals surface area (Å²) in [6.07, 6.45) is 5.31. The molecule has 0 atom stereocenters. The van der Waals surface area contributed by atoms with Gasteiger partial charge in [-0.05, 0) is 66.3 Å². The molecular formula is C31H34ClNO4Si. The lowest BCUT2D eigenvalue weighted by Gasteiger charge is -2.37. The maximum atomic E-state index is 11.2. The quantitative estimate of drug-likeness (QED) is 0.127. The molecule has 0 unspecified atom stereocenters. The molecule has 198 valence electrons. The third kappa shape index (κ3) is 5.31. The Morgan fingerprint density at radius 1 is 1.03 bits per heavy atom. The van der Waals surface area contributed by atoms with Gasteiger partial charge in [0.25, 0.3) is 0 Å². The minimum Gasteiger partial charge on any atom is -0.507 e. The monoisotopic (exact) mass is 547 g/mol. The number of aromatic hydroxyl groups is 1. The van der Waals surface area contributed by atoms with Crippen molar-refractivity contribution in [2.24, 2.45) is 0 Å². The topological polar surface area (TPSA) is 71.7 Å². The van der Waals surface area contributed by atoms with Gasteiger partial charge in [0.05, 0.1) is 21.7 Å². The molecule has 0 radical (unpaired) electrons. The van der Waals surface area contributed by atoms with E-state index in [1.807, 2.05) is 47.2 Å². The molecule has 0 bridgehead atoms. The lowest BCUT2D eigenvalue weighted by molar-refractivity contribution is -0.0387. The van der Waals surface area contributed by atoms with E-state index in [9.17, 15) is 15.0 Å². The number of benzene rings is 3. The first-order chi connectivity index (χ1) is 18.1. The van der Waals surface area contributed by atoms with Crippen LogP contribution in [0.25, 0.3) is 33.2 Å². The Hall–Kier alpha value is -2.90. The summed E-state index contributed by atoms with van der Waals surface area (Å²) in [6.45, 7) is 8.08. The van der Waals surface area contributed by atoms with Gasteiger partial charge in [-0.2, -0.15) is 0 Å². The fourth-order valence-electron chi connectivity index (χ4n) is 4.98. The van der Waals surface area contributed by atoms with E-state index in [1.54, 1.807) is 12.1 Å². The number of carbonyl (C=O) groups excluding carboxylic acids is 1. The van der Waals surface area contributed by atoms with Gasteiger partial charge in [0.2, 0.25) is 0 Å². The number of hydrogen-bond acceptors (Lipinski definition) is 4. The zero-order valence-corrected chi connectivity index (χ0v) is 23.9. The number of ether oxygens (including phenoxy) is 1. The second-order valence-electron chi connectivity index (χ2n) is 11.6. The Kier molecular flexibility index (Phi) is 7.26. The number of phenols is 1. The molecular weight excluding hydrogens is 514 g/mol. The zero-order valence-electron chi connectivity index (χ0n) is 22.1. The Labute approximate surface area is 229 Å². The van der Waals surface area contributed by atoms with Gasteiger partial charge in [-0.25, -0.2) is 0 Å². The van der Waals surface area contributed by atoms with Crippen molar-refractivity contribution in [2.45, 2.75) is 57.3 Å². The van der Waals surface area contributed by atoms with Crippen LogP contribution in [0.3, 0.4) is 0 Å². The summed E-state index contributed by atoms with van der Waals surface area (Å²) in [7, 11) is -1.21. The molecule has 2 N–H and O–H groups in total. The lowest BCUT2D eigenvalue weighted by Crippen LogP contribution is -2.33. The standard InChI is InChI=1S/C31H34ClNO4Si/c1-38(2,3)14-13-37-20-33-18-27(22-5-6-23(19-34)30(35)15-22)26-16-25(28(32)17-29(26)33)21-7-9-24(10-8-21)31(36)11-4-12-31/h5-10,15-19,35-36H,4,11-14,20H2,1-3H3.